The largest absolute Gasteiger partial charge is 0.354 e. The van der Waals surface area contributed by atoms with Crippen LogP contribution in [0.25, 0.3) is 32.7 Å². The maximum absolute atomic E-state index is 5.93. The van der Waals surface area contributed by atoms with Gasteiger partial charge in [-0.1, -0.05) is 17.2 Å². The van der Waals surface area contributed by atoms with Crippen LogP contribution in [0.5, 0.6) is 0 Å². The molecule has 0 saturated heterocycles. The van der Waals surface area contributed by atoms with E-state index in [0.717, 1.165) is 22.5 Å². The number of aromatic nitrogens is 2. The van der Waals surface area contributed by atoms with Crippen LogP contribution >= 0.6 is 11.3 Å². The van der Waals surface area contributed by atoms with E-state index in [9.17, 15) is 0 Å². The average molecular weight is 347 g/mol. The molecule has 4 rings (SSSR count). The van der Waals surface area contributed by atoms with Crippen LogP contribution in [0.15, 0.2) is 48.0 Å². The number of aromatic amines is 1. The Hall–Kier alpha value is -2.43. The first kappa shape index (κ1) is 16.1. The second-order valence-electron chi connectivity index (χ2n) is 6.49. The van der Waals surface area contributed by atoms with Gasteiger partial charge < -0.3 is 10.7 Å². The van der Waals surface area contributed by atoms with Crippen molar-refractivity contribution in [3.8, 4) is 21.8 Å². The molecule has 0 unspecified atom stereocenters. The van der Waals surface area contributed by atoms with E-state index in [0.29, 0.717) is 6.54 Å². The van der Waals surface area contributed by atoms with Gasteiger partial charge in [0.1, 0.15) is 5.01 Å². The molecule has 2 aromatic heterocycles. The fraction of sp³-hybridized carbons (Fsp3) is 0.190. The Morgan fingerprint density at radius 3 is 2.52 bits per heavy atom. The van der Waals surface area contributed by atoms with E-state index in [-0.39, 0.29) is 0 Å². The zero-order chi connectivity index (χ0) is 17.4. The summed E-state index contributed by atoms with van der Waals surface area (Å²) in [4.78, 5) is 8.06. The number of nitrogens with two attached hydrogens (primary N) is 1. The molecule has 0 atom stereocenters. The molecule has 3 nitrogen and oxygen atoms in total. The van der Waals surface area contributed by atoms with Crippen LogP contribution < -0.4 is 5.73 Å². The lowest BCUT2D eigenvalue weighted by molar-refractivity contribution is 0.978. The number of aryl methyl sites for hydroxylation is 2. The predicted molar refractivity (Wildman–Crippen MR) is 107 cm³/mol. The zero-order valence-corrected chi connectivity index (χ0v) is 15.3. The first-order chi connectivity index (χ1) is 12.2. The molecule has 2 heterocycles. The van der Waals surface area contributed by atoms with E-state index in [4.69, 9.17) is 5.73 Å². The Morgan fingerprint density at radius 2 is 1.84 bits per heavy atom. The molecule has 4 aromatic rings. The minimum Gasteiger partial charge on any atom is -0.354 e. The monoisotopic (exact) mass is 347 g/mol. The number of benzene rings is 2. The number of fused-ring (bicyclic) bond motifs is 1. The summed E-state index contributed by atoms with van der Waals surface area (Å²) in [6.45, 7) is 4.91. The predicted octanol–water partition coefficient (Wildman–Crippen LogP) is 5.08. The molecule has 0 saturated carbocycles. The van der Waals surface area contributed by atoms with Crippen molar-refractivity contribution in [1.82, 2.24) is 9.97 Å². The van der Waals surface area contributed by atoms with Crippen molar-refractivity contribution < 1.29 is 0 Å². The first-order valence-electron chi connectivity index (χ1n) is 8.49. The van der Waals surface area contributed by atoms with E-state index in [1.165, 1.54) is 33.3 Å². The fourth-order valence-electron chi connectivity index (χ4n) is 3.52. The van der Waals surface area contributed by atoms with Crippen molar-refractivity contribution in [1.29, 1.82) is 0 Å². The molecule has 4 heteroatoms. The van der Waals surface area contributed by atoms with Gasteiger partial charge >= 0.3 is 0 Å². The Morgan fingerprint density at radius 1 is 1.04 bits per heavy atom. The number of hydrogen-bond acceptors (Lipinski definition) is 3. The van der Waals surface area contributed by atoms with Gasteiger partial charge in [-0.3, -0.25) is 0 Å². The van der Waals surface area contributed by atoms with Gasteiger partial charge in [-0.25, -0.2) is 4.98 Å². The summed E-state index contributed by atoms with van der Waals surface area (Å²) in [7, 11) is 0. The van der Waals surface area contributed by atoms with Crippen molar-refractivity contribution >= 4 is 22.2 Å². The van der Waals surface area contributed by atoms with Crippen molar-refractivity contribution in [2.45, 2.75) is 20.3 Å². The molecule has 0 fully saturated rings. The molecule has 0 radical (unpaired) electrons. The molecule has 2 aromatic carbocycles. The minimum atomic E-state index is 0.631. The fourth-order valence-corrected chi connectivity index (χ4v) is 4.15. The molecule has 0 aliphatic rings. The number of nitrogens with one attached hydrogen (secondary N) is 1. The summed E-state index contributed by atoms with van der Waals surface area (Å²) in [5.74, 6) is 0. The minimum absolute atomic E-state index is 0.631. The number of thiazole rings is 1. The molecule has 0 spiro atoms. The average Bonchev–Trinajstić information content (AvgIpc) is 3.22. The van der Waals surface area contributed by atoms with Gasteiger partial charge in [-0.2, -0.15) is 0 Å². The van der Waals surface area contributed by atoms with E-state index < -0.39 is 0 Å². The standard InChI is InChI=1S/C21H21N3S/c1-13-9-14(2)11-16(10-13)20-17(5-6-22)18-12-15(3-4-19(18)24-20)21-23-7-8-25-21/h3-4,7-12,24H,5-6,22H2,1-2H3. The third-order valence-corrected chi connectivity index (χ3v) is 5.31. The molecular weight excluding hydrogens is 326 g/mol. The molecule has 0 amide bonds. The second kappa shape index (κ2) is 6.47. The summed E-state index contributed by atoms with van der Waals surface area (Å²) < 4.78 is 0. The maximum Gasteiger partial charge on any atom is 0.123 e. The number of H-pyrrole nitrogens is 1. The van der Waals surface area contributed by atoms with Gasteiger partial charge in [0.15, 0.2) is 0 Å². The summed E-state index contributed by atoms with van der Waals surface area (Å²) in [5, 5.41) is 4.31. The SMILES string of the molecule is Cc1cc(C)cc(-c2[nH]c3ccc(-c4nccs4)cc3c2CCN)c1. The number of nitrogens with zero attached hydrogens (tertiary/aromatic N) is 1. The summed E-state index contributed by atoms with van der Waals surface area (Å²) in [6.07, 6.45) is 2.70. The quantitative estimate of drug-likeness (QED) is 0.541. The molecule has 3 N–H and O–H groups in total. The molecule has 0 aliphatic heterocycles. The van der Waals surface area contributed by atoms with Gasteiger partial charge in [-0.05, 0) is 68.3 Å². The van der Waals surface area contributed by atoms with Crippen LogP contribution in [-0.4, -0.2) is 16.5 Å². The van der Waals surface area contributed by atoms with E-state index in [2.05, 4.69) is 60.2 Å². The second-order valence-corrected chi connectivity index (χ2v) is 7.39. The van der Waals surface area contributed by atoms with E-state index >= 15 is 0 Å². The van der Waals surface area contributed by atoms with Crippen LogP contribution in [0.2, 0.25) is 0 Å². The third-order valence-electron chi connectivity index (χ3n) is 4.49. The van der Waals surface area contributed by atoms with Crippen LogP contribution in [0, 0.1) is 13.8 Å². The van der Waals surface area contributed by atoms with Crippen molar-refractivity contribution in [3.63, 3.8) is 0 Å². The maximum atomic E-state index is 5.93. The molecule has 126 valence electrons. The van der Waals surface area contributed by atoms with E-state index in [1.54, 1.807) is 11.3 Å². The third kappa shape index (κ3) is 2.99. The van der Waals surface area contributed by atoms with E-state index in [1.807, 2.05) is 11.6 Å². The zero-order valence-electron chi connectivity index (χ0n) is 14.5. The Kier molecular flexibility index (Phi) is 4.15. The van der Waals surface area contributed by atoms with Gasteiger partial charge in [-0.15, -0.1) is 11.3 Å². The van der Waals surface area contributed by atoms with Crippen molar-refractivity contribution in [3.05, 3.63) is 64.7 Å². The lowest BCUT2D eigenvalue weighted by Gasteiger charge is -2.07. The molecule has 0 aliphatic carbocycles. The van der Waals surface area contributed by atoms with Crippen molar-refractivity contribution in [2.75, 3.05) is 6.54 Å². The number of rotatable bonds is 4. The van der Waals surface area contributed by atoms with Gasteiger partial charge in [0, 0.05) is 33.7 Å². The van der Waals surface area contributed by atoms with Gasteiger partial charge in [0.25, 0.3) is 0 Å². The molecular formula is C21H21N3S. The topological polar surface area (TPSA) is 54.7 Å². The highest BCUT2D eigenvalue weighted by atomic mass is 32.1. The van der Waals surface area contributed by atoms with Gasteiger partial charge in [0.05, 0.1) is 0 Å². The summed E-state index contributed by atoms with van der Waals surface area (Å²) in [6, 6.07) is 13.2. The van der Waals surface area contributed by atoms with Crippen LogP contribution in [0.1, 0.15) is 16.7 Å². The highest BCUT2D eigenvalue weighted by Crippen LogP contribution is 2.34. The summed E-state index contributed by atoms with van der Waals surface area (Å²) >= 11 is 1.66. The van der Waals surface area contributed by atoms with Crippen LogP contribution in [0.3, 0.4) is 0 Å². The van der Waals surface area contributed by atoms with Crippen molar-refractivity contribution in [2.24, 2.45) is 5.73 Å². The molecule has 0 bridgehead atoms. The Labute approximate surface area is 151 Å². The van der Waals surface area contributed by atoms with Crippen LogP contribution in [0.4, 0.5) is 0 Å². The Balaban J connectivity index is 1.93. The highest BCUT2D eigenvalue weighted by molar-refractivity contribution is 7.13. The van der Waals surface area contributed by atoms with Gasteiger partial charge in [0.2, 0.25) is 0 Å². The number of hydrogen-bond donors (Lipinski definition) is 2. The van der Waals surface area contributed by atoms with Crippen LogP contribution in [-0.2, 0) is 6.42 Å². The highest BCUT2D eigenvalue weighted by Gasteiger charge is 2.14. The molecule has 25 heavy (non-hydrogen) atoms. The lowest BCUT2D eigenvalue weighted by atomic mass is 9.99. The smallest absolute Gasteiger partial charge is 0.123 e. The Bertz CT molecular complexity index is 1010. The first-order valence-corrected chi connectivity index (χ1v) is 9.37. The summed E-state index contributed by atoms with van der Waals surface area (Å²) in [5.41, 5.74) is 14.5. The lowest BCUT2D eigenvalue weighted by Crippen LogP contribution is -2.03. The normalized spacial score (nSPS) is 11.3.